The van der Waals surface area contributed by atoms with E-state index in [4.69, 9.17) is 28.9 Å². The van der Waals surface area contributed by atoms with E-state index in [9.17, 15) is 0 Å². The molecule has 1 aromatic heterocycles. The van der Waals surface area contributed by atoms with Crippen LogP contribution in [0.15, 0.2) is 52.9 Å². The lowest BCUT2D eigenvalue weighted by Crippen LogP contribution is -1.91. The van der Waals surface area contributed by atoms with Gasteiger partial charge in [0.2, 0.25) is 5.13 Å². The molecule has 0 aliphatic carbocycles. The summed E-state index contributed by atoms with van der Waals surface area (Å²) in [7, 11) is 0. The van der Waals surface area contributed by atoms with Gasteiger partial charge in [0.1, 0.15) is 5.82 Å². The highest BCUT2D eigenvalue weighted by molar-refractivity contribution is 7.14. The van der Waals surface area contributed by atoms with Crippen LogP contribution in [0.5, 0.6) is 0 Å². The molecule has 0 aliphatic heterocycles. The molecule has 0 bridgehead atoms. The fraction of sp³-hybridized carbons (Fsp3) is 0. The molecule has 0 radical (unpaired) electrons. The SMILES string of the molecule is Nc1csc(NN=Cc2ccc(-c3ccc(Cl)c(Cl)c3)cc2)n1. The Morgan fingerprint density at radius 3 is 2.43 bits per heavy atom. The first-order valence-electron chi connectivity index (χ1n) is 6.67. The molecule has 0 atom stereocenters. The zero-order valence-corrected chi connectivity index (χ0v) is 14.2. The molecule has 23 heavy (non-hydrogen) atoms. The number of halogens is 2. The molecule has 0 unspecified atom stereocenters. The Bertz CT molecular complexity index is 844. The van der Waals surface area contributed by atoms with Gasteiger partial charge in [0, 0.05) is 5.38 Å². The van der Waals surface area contributed by atoms with Crippen molar-refractivity contribution in [2.75, 3.05) is 11.2 Å². The van der Waals surface area contributed by atoms with Gasteiger partial charge in [-0.15, -0.1) is 11.3 Å². The number of rotatable bonds is 4. The Hall–Kier alpha value is -2.08. The van der Waals surface area contributed by atoms with Crippen molar-refractivity contribution in [3.8, 4) is 11.1 Å². The van der Waals surface area contributed by atoms with Crippen LogP contribution in [0.1, 0.15) is 5.56 Å². The third kappa shape index (κ3) is 4.01. The van der Waals surface area contributed by atoms with E-state index in [1.54, 1.807) is 17.7 Å². The lowest BCUT2D eigenvalue weighted by molar-refractivity contribution is 1.29. The van der Waals surface area contributed by atoms with Gasteiger partial charge in [-0.25, -0.2) is 4.98 Å². The van der Waals surface area contributed by atoms with Crippen molar-refractivity contribution >= 4 is 51.7 Å². The molecule has 3 N–H and O–H groups in total. The number of hydrogen-bond donors (Lipinski definition) is 2. The molecule has 3 aromatic rings. The standard InChI is InChI=1S/C16H12Cl2N4S/c17-13-6-5-12(7-14(13)18)11-3-1-10(2-4-11)8-20-22-16-21-15(19)9-23-16/h1-9H,19H2,(H,21,22). The largest absolute Gasteiger partial charge is 0.383 e. The molecule has 0 amide bonds. The molecule has 3 rings (SSSR count). The monoisotopic (exact) mass is 362 g/mol. The molecule has 0 aliphatic rings. The van der Waals surface area contributed by atoms with Crippen LogP contribution < -0.4 is 11.2 Å². The molecule has 116 valence electrons. The van der Waals surface area contributed by atoms with Crippen LogP contribution in [0.4, 0.5) is 10.9 Å². The van der Waals surface area contributed by atoms with Gasteiger partial charge in [0.05, 0.1) is 16.3 Å². The summed E-state index contributed by atoms with van der Waals surface area (Å²) < 4.78 is 0. The van der Waals surface area contributed by atoms with E-state index in [-0.39, 0.29) is 0 Å². The molecule has 0 saturated carbocycles. The summed E-state index contributed by atoms with van der Waals surface area (Å²) in [6, 6.07) is 13.5. The van der Waals surface area contributed by atoms with Crippen LogP contribution in [0, 0.1) is 0 Å². The Labute approximate surface area is 147 Å². The van der Waals surface area contributed by atoms with E-state index in [1.807, 2.05) is 36.4 Å². The number of nitrogens with two attached hydrogens (primary N) is 1. The summed E-state index contributed by atoms with van der Waals surface area (Å²) in [5.74, 6) is 0.485. The first-order chi connectivity index (χ1) is 11.1. The van der Waals surface area contributed by atoms with Crippen molar-refractivity contribution in [2.45, 2.75) is 0 Å². The van der Waals surface area contributed by atoms with E-state index in [0.29, 0.717) is 21.0 Å². The zero-order valence-electron chi connectivity index (χ0n) is 11.8. The molecule has 4 nitrogen and oxygen atoms in total. The molecule has 0 fully saturated rings. The first kappa shape index (κ1) is 15.8. The summed E-state index contributed by atoms with van der Waals surface area (Å²) in [5, 5.41) is 7.64. The number of benzene rings is 2. The van der Waals surface area contributed by atoms with E-state index in [0.717, 1.165) is 16.7 Å². The molecular formula is C16H12Cl2N4S. The zero-order chi connectivity index (χ0) is 16.2. The van der Waals surface area contributed by atoms with Crippen molar-refractivity contribution < 1.29 is 0 Å². The molecule has 1 heterocycles. The van der Waals surface area contributed by atoms with Crippen molar-refractivity contribution in [3.05, 3.63) is 63.5 Å². The van der Waals surface area contributed by atoms with Gasteiger partial charge >= 0.3 is 0 Å². The minimum absolute atomic E-state index is 0.485. The Morgan fingerprint density at radius 2 is 1.78 bits per heavy atom. The molecule has 0 spiro atoms. The van der Waals surface area contributed by atoms with Gasteiger partial charge in [-0.05, 0) is 28.8 Å². The summed E-state index contributed by atoms with van der Waals surface area (Å²) in [6.07, 6.45) is 1.72. The Kier molecular flexibility index (Phi) is 4.81. The van der Waals surface area contributed by atoms with Gasteiger partial charge in [0.25, 0.3) is 0 Å². The third-order valence-corrected chi connectivity index (χ3v) is 4.56. The summed E-state index contributed by atoms with van der Waals surface area (Å²) in [5.41, 5.74) is 11.4. The number of nitrogens with zero attached hydrogens (tertiary/aromatic N) is 2. The maximum Gasteiger partial charge on any atom is 0.205 e. The second-order valence-corrected chi connectivity index (χ2v) is 6.37. The van der Waals surface area contributed by atoms with Crippen LogP contribution >= 0.6 is 34.5 Å². The number of hydrazone groups is 1. The maximum absolute atomic E-state index is 6.05. The smallest absolute Gasteiger partial charge is 0.205 e. The quantitative estimate of drug-likeness (QED) is 0.498. The van der Waals surface area contributed by atoms with Crippen LogP contribution in [-0.4, -0.2) is 11.2 Å². The Balaban J connectivity index is 1.70. The van der Waals surface area contributed by atoms with Crippen LogP contribution in [0.3, 0.4) is 0 Å². The van der Waals surface area contributed by atoms with Crippen molar-refractivity contribution in [2.24, 2.45) is 5.10 Å². The third-order valence-electron chi connectivity index (χ3n) is 3.06. The van der Waals surface area contributed by atoms with Gasteiger partial charge in [-0.2, -0.15) is 5.10 Å². The number of nitrogen functional groups attached to an aromatic ring is 1. The van der Waals surface area contributed by atoms with Crippen LogP contribution in [0.2, 0.25) is 10.0 Å². The number of aromatic nitrogens is 1. The highest BCUT2D eigenvalue weighted by atomic mass is 35.5. The average Bonchev–Trinajstić information content (AvgIpc) is 2.96. The molecule has 2 aromatic carbocycles. The fourth-order valence-corrected chi connectivity index (χ4v) is 2.78. The second kappa shape index (κ2) is 7.00. The minimum atomic E-state index is 0.485. The highest BCUT2D eigenvalue weighted by Gasteiger charge is 2.02. The normalized spacial score (nSPS) is 11.0. The predicted octanol–water partition coefficient (Wildman–Crippen LogP) is 5.15. The fourth-order valence-electron chi connectivity index (χ4n) is 1.94. The van der Waals surface area contributed by atoms with E-state index in [2.05, 4.69) is 15.5 Å². The van der Waals surface area contributed by atoms with E-state index < -0.39 is 0 Å². The summed E-state index contributed by atoms with van der Waals surface area (Å²) >= 11 is 13.4. The van der Waals surface area contributed by atoms with Gasteiger partial charge in [0.15, 0.2) is 0 Å². The number of nitrogens with one attached hydrogen (secondary N) is 1. The second-order valence-electron chi connectivity index (χ2n) is 4.70. The van der Waals surface area contributed by atoms with Crippen molar-refractivity contribution in [1.29, 1.82) is 0 Å². The van der Waals surface area contributed by atoms with Crippen molar-refractivity contribution in [1.82, 2.24) is 4.98 Å². The molecule has 0 saturated heterocycles. The Morgan fingerprint density at radius 1 is 1.04 bits per heavy atom. The van der Waals surface area contributed by atoms with E-state index in [1.165, 1.54) is 11.3 Å². The minimum Gasteiger partial charge on any atom is -0.383 e. The lowest BCUT2D eigenvalue weighted by atomic mass is 10.0. The van der Waals surface area contributed by atoms with Gasteiger partial charge in [-0.3, -0.25) is 5.43 Å². The van der Waals surface area contributed by atoms with Gasteiger partial charge in [-0.1, -0.05) is 53.5 Å². The summed E-state index contributed by atoms with van der Waals surface area (Å²) in [6.45, 7) is 0. The van der Waals surface area contributed by atoms with Crippen LogP contribution in [-0.2, 0) is 0 Å². The van der Waals surface area contributed by atoms with Crippen LogP contribution in [0.25, 0.3) is 11.1 Å². The average molecular weight is 363 g/mol. The number of anilines is 2. The summed E-state index contributed by atoms with van der Waals surface area (Å²) in [4.78, 5) is 4.06. The lowest BCUT2D eigenvalue weighted by Gasteiger charge is -2.04. The first-order valence-corrected chi connectivity index (χ1v) is 8.31. The number of thiazole rings is 1. The van der Waals surface area contributed by atoms with Gasteiger partial charge < -0.3 is 5.73 Å². The molecular weight excluding hydrogens is 351 g/mol. The van der Waals surface area contributed by atoms with E-state index >= 15 is 0 Å². The highest BCUT2D eigenvalue weighted by Crippen LogP contribution is 2.28. The topological polar surface area (TPSA) is 63.3 Å². The molecule has 7 heteroatoms. The maximum atomic E-state index is 6.05. The number of hydrogen-bond acceptors (Lipinski definition) is 5. The van der Waals surface area contributed by atoms with Crippen molar-refractivity contribution in [3.63, 3.8) is 0 Å². The predicted molar refractivity (Wildman–Crippen MR) is 99.6 cm³/mol.